The van der Waals surface area contributed by atoms with Crippen LogP contribution in [0.3, 0.4) is 0 Å². The molecule has 2 aromatic carbocycles. The Kier molecular flexibility index (Phi) is 3.83. The molecule has 0 saturated heterocycles. The molecule has 5 aromatic rings. The number of aromatic nitrogens is 5. The minimum absolute atomic E-state index is 0.170. The third kappa shape index (κ3) is 2.79. The topological polar surface area (TPSA) is 78.7 Å². The lowest BCUT2D eigenvalue weighted by Crippen LogP contribution is -2.21. The Morgan fingerprint density at radius 3 is 2.50 bits per heavy atom. The van der Waals surface area contributed by atoms with E-state index in [4.69, 9.17) is 4.52 Å². The summed E-state index contributed by atoms with van der Waals surface area (Å²) in [7, 11) is 0. The van der Waals surface area contributed by atoms with E-state index in [1.165, 1.54) is 10.9 Å². The van der Waals surface area contributed by atoms with Gasteiger partial charge in [0.25, 0.3) is 5.56 Å². The van der Waals surface area contributed by atoms with Crippen molar-refractivity contribution >= 4 is 11.0 Å². The Morgan fingerprint density at radius 1 is 0.964 bits per heavy atom. The number of rotatable bonds is 4. The summed E-state index contributed by atoms with van der Waals surface area (Å²) < 4.78 is 8.57. The Bertz CT molecular complexity index is 1300. The molecule has 0 unspecified atom stereocenters. The van der Waals surface area contributed by atoms with Crippen molar-refractivity contribution in [1.82, 2.24) is 24.5 Å². The van der Waals surface area contributed by atoms with Crippen LogP contribution < -0.4 is 5.56 Å². The highest BCUT2D eigenvalue weighted by molar-refractivity contribution is 5.74. The molecule has 0 fully saturated rings. The maximum atomic E-state index is 12.9. The third-order valence-corrected chi connectivity index (χ3v) is 4.50. The molecule has 0 radical (unpaired) electrons. The molecule has 0 spiro atoms. The summed E-state index contributed by atoms with van der Waals surface area (Å²) in [4.78, 5) is 17.3. The monoisotopic (exact) mass is 369 g/mol. The molecule has 28 heavy (non-hydrogen) atoms. The fourth-order valence-electron chi connectivity index (χ4n) is 3.12. The van der Waals surface area contributed by atoms with Gasteiger partial charge in [-0.25, -0.2) is 9.67 Å². The van der Waals surface area contributed by atoms with Gasteiger partial charge in [0.15, 0.2) is 11.4 Å². The smallest absolute Gasteiger partial charge is 0.264 e. The van der Waals surface area contributed by atoms with Crippen LogP contribution in [0.25, 0.3) is 28.0 Å². The van der Waals surface area contributed by atoms with E-state index < -0.39 is 0 Å². The van der Waals surface area contributed by atoms with Crippen LogP contribution in [-0.2, 0) is 6.54 Å². The molecule has 136 valence electrons. The Hall–Kier alpha value is -4.00. The van der Waals surface area contributed by atoms with E-state index in [9.17, 15) is 4.79 Å². The van der Waals surface area contributed by atoms with Crippen molar-refractivity contribution in [2.45, 2.75) is 6.54 Å². The molecule has 0 aliphatic rings. The number of fused-ring (bicyclic) bond motifs is 1. The zero-order chi connectivity index (χ0) is 18.9. The molecule has 0 N–H and O–H groups in total. The first kappa shape index (κ1) is 16.2. The van der Waals surface area contributed by atoms with Gasteiger partial charge < -0.3 is 4.52 Å². The number of para-hydroxylation sites is 1. The van der Waals surface area contributed by atoms with Crippen molar-refractivity contribution < 1.29 is 4.52 Å². The summed E-state index contributed by atoms with van der Waals surface area (Å²) >= 11 is 0. The number of hydrogen-bond acceptors (Lipinski definition) is 5. The van der Waals surface area contributed by atoms with E-state index in [-0.39, 0.29) is 12.1 Å². The lowest BCUT2D eigenvalue weighted by Gasteiger charge is -2.04. The zero-order valence-corrected chi connectivity index (χ0v) is 14.8. The second-order valence-corrected chi connectivity index (χ2v) is 6.36. The molecule has 7 nitrogen and oxygen atoms in total. The van der Waals surface area contributed by atoms with Crippen molar-refractivity contribution in [3.8, 4) is 17.0 Å². The zero-order valence-electron chi connectivity index (χ0n) is 14.8. The molecule has 0 atom stereocenters. The number of benzene rings is 2. The van der Waals surface area contributed by atoms with Crippen LogP contribution in [0.1, 0.15) is 5.69 Å². The highest BCUT2D eigenvalue weighted by atomic mass is 16.5. The number of hydrogen-bond donors (Lipinski definition) is 0. The van der Waals surface area contributed by atoms with Gasteiger partial charge in [0.2, 0.25) is 0 Å². The van der Waals surface area contributed by atoms with Crippen molar-refractivity contribution in [3.63, 3.8) is 0 Å². The van der Waals surface area contributed by atoms with Gasteiger partial charge in [-0.05, 0) is 12.1 Å². The minimum atomic E-state index is -0.170. The van der Waals surface area contributed by atoms with Gasteiger partial charge in [-0.1, -0.05) is 53.7 Å². The first-order valence-electron chi connectivity index (χ1n) is 8.79. The molecule has 5 rings (SSSR count). The quantitative estimate of drug-likeness (QED) is 0.486. The van der Waals surface area contributed by atoms with Gasteiger partial charge in [0.1, 0.15) is 17.4 Å². The SMILES string of the molecule is O=c1c2cnn(-c3ccccc3)c2ncn1Cc1cc(-c2ccccc2)on1. The van der Waals surface area contributed by atoms with Crippen molar-refractivity contribution in [2.75, 3.05) is 0 Å². The predicted octanol–water partition coefficient (Wildman–Crippen LogP) is 3.29. The lowest BCUT2D eigenvalue weighted by molar-refractivity contribution is 0.420. The third-order valence-electron chi connectivity index (χ3n) is 4.50. The fourth-order valence-corrected chi connectivity index (χ4v) is 3.12. The van der Waals surface area contributed by atoms with E-state index in [1.54, 1.807) is 10.9 Å². The van der Waals surface area contributed by atoms with Crippen LogP contribution in [0.4, 0.5) is 0 Å². The average molecular weight is 369 g/mol. The van der Waals surface area contributed by atoms with Crippen LogP contribution in [0.5, 0.6) is 0 Å². The summed E-state index contributed by atoms with van der Waals surface area (Å²) in [5.41, 5.74) is 2.80. The van der Waals surface area contributed by atoms with E-state index in [0.29, 0.717) is 22.5 Å². The Balaban J connectivity index is 1.49. The van der Waals surface area contributed by atoms with Gasteiger partial charge in [-0.15, -0.1) is 0 Å². The Labute approximate surface area is 159 Å². The summed E-state index contributed by atoms with van der Waals surface area (Å²) in [6.07, 6.45) is 3.06. The molecule has 3 heterocycles. The molecule has 0 bridgehead atoms. The highest BCUT2D eigenvalue weighted by Gasteiger charge is 2.13. The van der Waals surface area contributed by atoms with Crippen LogP contribution in [-0.4, -0.2) is 24.5 Å². The molecule has 0 amide bonds. The largest absolute Gasteiger partial charge is 0.356 e. The summed E-state index contributed by atoms with van der Waals surface area (Å²) in [6, 6.07) is 21.1. The lowest BCUT2D eigenvalue weighted by atomic mass is 10.2. The molecule has 7 heteroatoms. The fraction of sp³-hybridized carbons (Fsp3) is 0.0476. The van der Waals surface area contributed by atoms with E-state index in [2.05, 4.69) is 15.2 Å². The highest BCUT2D eigenvalue weighted by Crippen LogP contribution is 2.20. The standard InChI is InChI=1S/C21H15N5O2/c27-21-18-12-23-26(17-9-5-2-6-10-17)20(18)22-14-25(21)13-16-11-19(28-24-16)15-7-3-1-4-8-15/h1-12,14H,13H2. The summed E-state index contributed by atoms with van der Waals surface area (Å²) in [6.45, 7) is 0.272. The maximum absolute atomic E-state index is 12.9. The van der Waals surface area contributed by atoms with Gasteiger partial charge in [0, 0.05) is 11.6 Å². The van der Waals surface area contributed by atoms with Crippen molar-refractivity contribution in [3.05, 3.63) is 95.3 Å². The van der Waals surface area contributed by atoms with E-state index in [0.717, 1.165) is 11.3 Å². The maximum Gasteiger partial charge on any atom is 0.264 e. The molecular formula is C21H15N5O2. The van der Waals surface area contributed by atoms with Gasteiger partial charge in [-0.2, -0.15) is 5.10 Å². The van der Waals surface area contributed by atoms with Gasteiger partial charge >= 0.3 is 0 Å². The molecular weight excluding hydrogens is 354 g/mol. The van der Waals surface area contributed by atoms with Crippen molar-refractivity contribution in [1.29, 1.82) is 0 Å². The Morgan fingerprint density at radius 2 is 1.71 bits per heavy atom. The van der Waals surface area contributed by atoms with Gasteiger partial charge in [0.05, 0.1) is 18.4 Å². The second kappa shape index (κ2) is 6.62. The van der Waals surface area contributed by atoms with E-state index >= 15 is 0 Å². The second-order valence-electron chi connectivity index (χ2n) is 6.36. The normalized spacial score (nSPS) is 11.1. The number of nitrogens with zero attached hydrogens (tertiary/aromatic N) is 5. The van der Waals surface area contributed by atoms with Crippen LogP contribution in [0.15, 0.2) is 88.6 Å². The van der Waals surface area contributed by atoms with Crippen LogP contribution in [0.2, 0.25) is 0 Å². The van der Waals surface area contributed by atoms with Crippen molar-refractivity contribution in [2.24, 2.45) is 0 Å². The summed E-state index contributed by atoms with van der Waals surface area (Å²) in [5, 5.41) is 8.86. The van der Waals surface area contributed by atoms with Gasteiger partial charge in [-0.3, -0.25) is 9.36 Å². The summed E-state index contributed by atoms with van der Waals surface area (Å²) in [5.74, 6) is 0.662. The average Bonchev–Trinajstić information content (AvgIpc) is 3.39. The molecule has 0 aliphatic carbocycles. The van der Waals surface area contributed by atoms with Crippen LogP contribution in [0, 0.1) is 0 Å². The molecule has 0 saturated carbocycles. The predicted molar refractivity (Wildman–Crippen MR) is 104 cm³/mol. The molecule has 3 aromatic heterocycles. The first-order chi connectivity index (χ1) is 13.8. The minimum Gasteiger partial charge on any atom is -0.356 e. The van der Waals surface area contributed by atoms with Crippen LogP contribution >= 0.6 is 0 Å². The molecule has 0 aliphatic heterocycles. The van der Waals surface area contributed by atoms with E-state index in [1.807, 2.05) is 66.7 Å². The first-order valence-corrected chi connectivity index (χ1v) is 8.79.